The molecule has 1 aromatic heterocycles. The second kappa shape index (κ2) is 6.68. The molecule has 4 heteroatoms. The van der Waals surface area contributed by atoms with Crippen LogP contribution in [0.4, 0.5) is 0 Å². The van der Waals surface area contributed by atoms with Gasteiger partial charge in [-0.2, -0.15) is 0 Å². The topological polar surface area (TPSA) is 29.5 Å². The van der Waals surface area contributed by atoms with Gasteiger partial charge >= 0.3 is 5.97 Å². The highest BCUT2D eigenvalue weighted by Crippen LogP contribution is 2.26. The summed E-state index contributed by atoms with van der Waals surface area (Å²) in [6.45, 7) is 1.82. The molecule has 3 nitrogen and oxygen atoms in total. The fourth-order valence-corrected chi connectivity index (χ4v) is 3.07. The van der Waals surface area contributed by atoms with E-state index in [4.69, 9.17) is 0 Å². The van der Waals surface area contributed by atoms with E-state index in [1.54, 1.807) is 11.3 Å². The summed E-state index contributed by atoms with van der Waals surface area (Å²) in [4.78, 5) is 13.3. The Kier molecular flexibility index (Phi) is 4.93. The minimum atomic E-state index is -0.130. The van der Waals surface area contributed by atoms with E-state index in [-0.39, 0.29) is 5.97 Å². The van der Waals surface area contributed by atoms with E-state index in [1.165, 1.54) is 22.8 Å². The van der Waals surface area contributed by atoms with Crippen LogP contribution in [-0.4, -0.2) is 31.6 Å². The average molecular weight is 277 g/mol. The van der Waals surface area contributed by atoms with Crippen molar-refractivity contribution in [3.8, 4) is 0 Å². The molecule has 0 radical (unpaired) electrons. The third kappa shape index (κ3) is 3.78. The van der Waals surface area contributed by atoms with Crippen LogP contribution in [0.15, 0.2) is 29.6 Å². The summed E-state index contributed by atoms with van der Waals surface area (Å²) in [7, 11) is 3.52. The Morgan fingerprint density at radius 1 is 1.37 bits per heavy atom. The second-order valence-electron chi connectivity index (χ2n) is 4.67. The molecule has 0 saturated carbocycles. The molecule has 0 aliphatic heterocycles. The van der Waals surface area contributed by atoms with Crippen LogP contribution in [0.3, 0.4) is 0 Å². The molecular weight excluding hydrogens is 258 g/mol. The SMILES string of the molecule is COC(=O)CCCN(C)Cc1csc2ccccc12. The van der Waals surface area contributed by atoms with E-state index >= 15 is 0 Å². The van der Waals surface area contributed by atoms with Crippen LogP contribution in [0.5, 0.6) is 0 Å². The van der Waals surface area contributed by atoms with Gasteiger partial charge in [0.2, 0.25) is 0 Å². The number of nitrogens with zero attached hydrogens (tertiary/aromatic N) is 1. The monoisotopic (exact) mass is 277 g/mol. The minimum absolute atomic E-state index is 0.130. The van der Waals surface area contributed by atoms with E-state index in [0.717, 1.165) is 19.5 Å². The van der Waals surface area contributed by atoms with Crippen LogP contribution in [0.2, 0.25) is 0 Å². The van der Waals surface area contributed by atoms with Crippen LogP contribution in [-0.2, 0) is 16.1 Å². The van der Waals surface area contributed by atoms with Crippen LogP contribution >= 0.6 is 11.3 Å². The average Bonchev–Trinajstić information content (AvgIpc) is 2.82. The summed E-state index contributed by atoms with van der Waals surface area (Å²) in [6, 6.07) is 8.47. The van der Waals surface area contributed by atoms with Crippen molar-refractivity contribution in [3.05, 3.63) is 35.2 Å². The molecule has 2 rings (SSSR count). The fourth-order valence-electron chi connectivity index (χ4n) is 2.12. The number of hydrogen-bond donors (Lipinski definition) is 0. The molecule has 102 valence electrons. The number of rotatable bonds is 6. The number of carbonyl (C=O) groups excluding carboxylic acids is 1. The maximum Gasteiger partial charge on any atom is 0.305 e. The van der Waals surface area contributed by atoms with Gasteiger partial charge in [-0.05, 0) is 42.4 Å². The molecule has 0 fully saturated rings. The molecule has 0 spiro atoms. The number of benzene rings is 1. The van der Waals surface area contributed by atoms with Crippen molar-refractivity contribution >= 4 is 27.4 Å². The predicted molar refractivity (Wildman–Crippen MR) is 79.4 cm³/mol. The first-order chi connectivity index (χ1) is 9.20. The summed E-state index contributed by atoms with van der Waals surface area (Å²) >= 11 is 1.79. The Morgan fingerprint density at radius 2 is 2.16 bits per heavy atom. The smallest absolute Gasteiger partial charge is 0.305 e. The van der Waals surface area contributed by atoms with Gasteiger partial charge in [0.05, 0.1) is 7.11 Å². The number of fused-ring (bicyclic) bond motifs is 1. The van der Waals surface area contributed by atoms with Crippen molar-refractivity contribution in [1.82, 2.24) is 4.90 Å². The van der Waals surface area contributed by atoms with Crippen molar-refractivity contribution in [2.45, 2.75) is 19.4 Å². The number of hydrogen-bond acceptors (Lipinski definition) is 4. The first kappa shape index (κ1) is 14.0. The van der Waals surface area contributed by atoms with Gasteiger partial charge in [0.25, 0.3) is 0 Å². The van der Waals surface area contributed by atoms with Crippen molar-refractivity contribution < 1.29 is 9.53 Å². The summed E-state index contributed by atoms with van der Waals surface area (Å²) in [5, 5.41) is 3.56. The Labute approximate surface area is 117 Å². The zero-order valence-corrected chi connectivity index (χ0v) is 12.2. The quantitative estimate of drug-likeness (QED) is 0.759. The fraction of sp³-hybridized carbons (Fsp3) is 0.400. The van der Waals surface area contributed by atoms with Crippen LogP contribution in [0.1, 0.15) is 18.4 Å². The van der Waals surface area contributed by atoms with Crippen LogP contribution in [0.25, 0.3) is 10.1 Å². The lowest BCUT2D eigenvalue weighted by Gasteiger charge is -2.15. The number of thiophene rings is 1. The highest BCUT2D eigenvalue weighted by atomic mass is 32.1. The third-order valence-electron chi connectivity index (χ3n) is 3.15. The first-order valence-corrected chi connectivity index (χ1v) is 7.29. The van der Waals surface area contributed by atoms with Crippen molar-refractivity contribution in [3.63, 3.8) is 0 Å². The highest BCUT2D eigenvalue weighted by Gasteiger charge is 2.07. The predicted octanol–water partition coefficient (Wildman–Crippen LogP) is 3.29. The first-order valence-electron chi connectivity index (χ1n) is 6.41. The van der Waals surface area contributed by atoms with E-state index < -0.39 is 0 Å². The van der Waals surface area contributed by atoms with Gasteiger partial charge in [-0.1, -0.05) is 18.2 Å². The molecule has 0 unspecified atom stereocenters. The van der Waals surface area contributed by atoms with Crippen molar-refractivity contribution in [1.29, 1.82) is 0 Å². The Bertz CT molecular complexity index is 550. The van der Waals surface area contributed by atoms with Gasteiger partial charge < -0.3 is 9.64 Å². The van der Waals surface area contributed by atoms with Gasteiger partial charge in [0.1, 0.15) is 0 Å². The number of ether oxygens (including phenoxy) is 1. The van der Waals surface area contributed by atoms with Gasteiger partial charge in [-0.25, -0.2) is 0 Å². The normalized spacial score (nSPS) is 11.1. The third-order valence-corrected chi connectivity index (χ3v) is 4.16. The molecule has 0 saturated heterocycles. The van der Waals surface area contributed by atoms with E-state index in [2.05, 4.69) is 46.3 Å². The lowest BCUT2D eigenvalue weighted by Crippen LogP contribution is -2.19. The highest BCUT2D eigenvalue weighted by molar-refractivity contribution is 7.17. The molecule has 0 aliphatic carbocycles. The molecule has 0 atom stereocenters. The molecule has 2 aromatic rings. The summed E-state index contributed by atoms with van der Waals surface area (Å²) in [5.74, 6) is -0.130. The zero-order valence-electron chi connectivity index (χ0n) is 11.4. The summed E-state index contributed by atoms with van der Waals surface area (Å²) in [6.07, 6.45) is 1.33. The Hall–Kier alpha value is -1.39. The van der Waals surface area contributed by atoms with Crippen molar-refractivity contribution in [2.24, 2.45) is 0 Å². The second-order valence-corrected chi connectivity index (χ2v) is 5.59. The number of esters is 1. The van der Waals surface area contributed by atoms with Gasteiger partial charge in [0, 0.05) is 17.7 Å². The standard InChI is InChI=1S/C15H19NO2S/c1-16(9-5-8-15(17)18-2)10-12-11-19-14-7-4-3-6-13(12)14/h3-4,6-7,11H,5,8-10H2,1-2H3. The van der Waals surface area contributed by atoms with Crippen LogP contribution in [0, 0.1) is 0 Å². The molecule has 1 aromatic carbocycles. The van der Waals surface area contributed by atoms with Crippen LogP contribution < -0.4 is 0 Å². The lowest BCUT2D eigenvalue weighted by molar-refractivity contribution is -0.140. The van der Waals surface area contributed by atoms with Crippen molar-refractivity contribution in [2.75, 3.05) is 20.7 Å². The molecular formula is C15H19NO2S. The molecule has 0 aliphatic rings. The van der Waals surface area contributed by atoms with E-state index in [1.807, 2.05) is 0 Å². The van der Waals surface area contributed by atoms with Gasteiger partial charge in [-0.3, -0.25) is 4.79 Å². The molecule has 0 amide bonds. The largest absolute Gasteiger partial charge is 0.469 e. The Morgan fingerprint density at radius 3 is 2.95 bits per heavy atom. The van der Waals surface area contributed by atoms with Gasteiger partial charge in [-0.15, -0.1) is 11.3 Å². The molecule has 19 heavy (non-hydrogen) atoms. The van der Waals surface area contributed by atoms with E-state index in [9.17, 15) is 4.79 Å². The Balaban J connectivity index is 1.88. The van der Waals surface area contributed by atoms with Gasteiger partial charge in [0.15, 0.2) is 0 Å². The molecule has 1 heterocycles. The molecule has 0 N–H and O–H groups in total. The number of carbonyl (C=O) groups is 1. The maximum absolute atomic E-state index is 11.0. The summed E-state index contributed by atoms with van der Waals surface area (Å²) in [5.41, 5.74) is 1.36. The lowest BCUT2D eigenvalue weighted by atomic mass is 10.1. The minimum Gasteiger partial charge on any atom is -0.469 e. The maximum atomic E-state index is 11.0. The number of methoxy groups -OCH3 is 1. The molecule has 0 bridgehead atoms. The summed E-state index contributed by atoms with van der Waals surface area (Å²) < 4.78 is 5.97. The zero-order chi connectivity index (χ0) is 13.7. The van der Waals surface area contributed by atoms with E-state index in [0.29, 0.717) is 6.42 Å².